The molecule has 0 aromatic carbocycles. The number of nitrogens with zero attached hydrogens (tertiary/aromatic N) is 4. The van der Waals surface area contributed by atoms with E-state index < -0.39 is 0 Å². The Morgan fingerprint density at radius 3 is 2.69 bits per heavy atom. The second-order valence-electron chi connectivity index (χ2n) is 9.09. The molecule has 2 aromatic rings. The molecule has 2 unspecified atom stereocenters. The molecule has 2 atom stereocenters. The summed E-state index contributed by atoms with van der Waals surface area (Å²) in [5.74, 6) is 1.51. The van der Waals surface area contributed by atoms with Crippen molar-refractivity contribution in [2.24, 2.45) is 10.8 Å². The molecule has 4 rings (SSSR count). The largest absolute Gasteiger partial charge is 0.393 e. The summed E-state index contributed by atoms with van der Waals surface area (Å²) in [5, 5.41) is 4.11. The fourth-order valence-corrected chi connectivity index (χ4v) is 5.86. The summed E-state index contributed by atoms with van der Waals surface area (Å²) in [7, 11) is 0. The third kappa shape index (κ3) is 3.02. The van der Waals surface area contributed by atoms with E-state index in [0.29, 0.717) is 28.4 Å². The molecular weight excluding hydrogens is 344 g/mol. The van der Waals surface area contributed by atoms with Crippen molar-refractivity contribution >= 4 is 33.8 Å². The molecule has 2 aromatic heterocycles. The molecule has 7 heteroatoms. The molecular formula is C19H28N6S. The van der Waals surface area contributed by atoms with Crippen molar-refractivity contribution in [1.29, 1.82) is 0 Å². The lowest BCUT2D eigenvalue weighted by molar-refractivity contribution is 0.136. The van der Waals surface area contributed by atoms with Crippen LogP contribution in [0, 0.1) is 24.7 Å². The number of hydrogen-bond donors (Lipinski definition) is 2. The molecule has 0 amide bonds. The predicted octanol–water partition coefficient (Wildman–Crippen LogP) is 4.28. The van der Waals surface area contributed by atoms with Gasteiger partial charge in [0.25, 0.3) is 0 Å². The summed E-state index contributed by atoms with van der Waals surface area (Å²) in [4.78, 5) is 17.1. The zero-order valence-corrected chi connectivity index (χ0v) is 17.1. The van der Waals surface area contributed by atoms with E-state index in [1.807, 2.05) is 6.92 Å². The fourth-order valence-electron chi connectivity index (χ4n) is 5.05. The first-order chi connectivity index (χ1) is 12.2. The van der Waals surface area contributed by atoms with Crippen molar-refractivity contribution in [3.8, 4) is 0 Å². The first-order valence-electron chi connectivity index (χ1n) is 9.24. The smallest absolute Gasteiger partial charge is 0.188 e. The zero-order chi connectivity index (χ0) is 18.7. The number of nitrogens with one attached hydrogen (secondary N) is 1. The van der Waals surface area contributed by atoms with Crippen molar-refractivity contribution in [3.05, 3.63) is 16.9 Å². The monoisotopic (exact) mass is 372 g/mol. The summed E-state index contributed by atoms with van der Waals surface area (Å²) in [5.41, 5.74) is 8.85. The molecule has 3 heterocycles. The van der Waals surface area contributed by atoms with Crippen LogP contribution in [0.4, 0.5) is 22.5 Å². The summed E-state index contributed by atoms with van der Waals surface area (Å²) in [6, 6.07) is 0.498. The van der Waals surface area contributed by atoms with Crippen molar-refractivity contribution in [3.63, 3.8) is 0 Å². The van der Waals surface area contributed by atoms with Crippen molar-refractivity contribution in [2.75, 3.05) is 22.5 Å². The Balaban J connectivity index is 1.64. The average molecular weight is 373 g/mol. The molecule has 1 aliphatic heterocycles. The number of aromatic nitrogens is 3. The molecule has 1 saturated heterocycles. The van der Waals surface area contributed by atoms with Crippen LogP contribution >= 0.6 is 11.3 Å². The van der Waals surface area contributed by atoms with E-state index in [9.17, 15) is 0 Å². The summed E-state index contributed by atoms with van der Waals surface area (Å²) < 4.78 is 0. The molecule has 1 saturated carbocycles. The lowest BCUT2D eigenvalue weighted by Crippen LogP contribution is -2.35. The highest BCUT2D eigenvalue weighted by atomic mass is 32.1. The van der Waals surface area contributed by atoms with E-state index in [2.05, 4.69) is 52.9 Å². The Morgan fingerprint density at radius 1 is 1.23 bits per heavy atom. The van der Waals surface area contributed by atoms with Gasteiger partial charge in [-0.3, -0.25) is 0 Å². The van der Waals surface area contributed by atoms with Crippen LogP contribution < -0.4 is 16.0 Å². The van der Waals surface area contributed by atoms with Crippen LogP contribution in [-0.2, 0) is 0 Å². The summed E-state index contributed by atoms with van der Waals surface area (Å²) >= 11 is 1.62. The number of nitrogens with two attached hydrogens (primary N) is 1. The number of rotatable bonds is 3. The molecule has 3 N–H and O–H groups in total. The van der Waals surface area contributed by atoms with Gasteiger partial charge in [0.1, 0.15) is 12.0 Å². The maximum atomic E-state index is 6.50. The Morgan fingerprint density at radius 2 is 2.00 bits per heavy atom. The van der Waals surface area contributed by atoms with Gasteiger partial charge in [0.05, 0.1) is 5.69 Å². The van der Waals surface area contributed by atoms with Crippen LogP contribution in [-0.4, -0.2) is 27.5 Å². The molecule has 2 aliphatic rings. The predicted molar refractivity (Wildman–Crippen MR) is 108 cm³/mol. The van der Waals surface area contributed by atoms with Crippen LogP contribution in [0.25, 0.3) is 0 Å². The maximum absolute atomic E-state index is 6.50. The van der Waals surface area contributed by atoms with E-state index in [-0.39, 0.29) is 0 Å². The highest BCUT2D eigenvalue weighted by Gasteiger charge is 2.50. The van der Waals surface area contributed by atoms with Gasteiger partial charge in [-0.05, 0) is 43.9 Å². The second-order valence-corrected chi connectivity index (χ2v) is 10.3. The topological polar surface area (TPSA) is 80.0 Å². The lowest BCUT2D eigenvalue weighted by atomic mass is 9.65. The third-order valence-electron chi connectivity index (χ3n) is 5.80. The van der Waals surface area contributed by atoms with Gasteiger partial charge in [0.15, 0.2) is 16.8 Å². The summed E-state index contributed by atoms with van der Waals surface area (Å²) in [6.45, 7) is 12.3. The van der Waals surface area contributed by atoms with Gasteiger partial charge < -0.3 is 16.0 Å². The highest BCUT2D eigenvalue weighted by Crippen LogP contribution is 2.54. The number of nitrogen functional groups attached to an aromatic ring is 1. The summed E-state index contributed by atoms with van der Waals surface area (Å²) in [6.07, 6.45) is 5.25. The maximum Gasteiger partial charge on any atom is 0.188 e. The van der Waals surface area contributed by atoms with Gasteiger partial charge in [0, 0.05) is 17.5 Å². The van der Waals surface area contributed by atoms with Gasteiger partial charge in [0.2, 0.25) is 0 Å². The van der Waals surface area contributed by atoms with Crippen molar-refractivity contribution in [2.45, 2.75) is 59.9 Å². The Kier molecular flexibility index (Phi) is 3.91. The van der Waals surface area contributed by atoms with Gasteiger partial charge in [-0.1, -0.05) is 20.8 Å². The molecule has 0 radical (unpaired) electrons. The van der Waals surface area contributed by atoms with E-state index in [0.717, 1.165) is 23.2 Å². The molecule has 26 heavy (non-hydrogen) atoms. The Hall–Kier alpha value is -1.89. The standard InChI is InChI=1S/C19H28N6S/c1-11-12(2)26-17(23-11)24-15-14(20)16(22-10-21-15)25-9-19(5)7-13(25)6-18(3,4)8-19/h10,13H,6-9,20H2,1-5H3,(H,21,22,23,24). The fraction of sp³-hybridized carbons (Fsp3) is 0.632. The second kappa shape index (κ2) is 5.81. The first-order valence-corrected chi connectivity index (χ1v) is 10.1. The number of thiazole rings is 1. The van der Waals surface area contributed by atoms with Gasteiger partial charge in [-0.25, -0.2) is 15.0 Å². The molecule has 1 aliphatic carbocycles. The van der Waals surface area contributed by atoms with Crippen LogP contribution in [0.1, 0.15) is 50.6 Å². The van der Waals surface area contributed by atoms with Crippen molar-refractivity contribution in [1.82, 2.24) is 15.0 Å². The number of hydrogen-bond acceptors (Lipinski definition) is 7. The van der Waals surface area contributed by atoms with Gasteiger partial charge in [-0.15, -0.1) is 11.3 Å². The SMILES string of the molecule is Cc1nc(Nc2ncnc(N3CC4(C)CC3CC(C)(C)C4)c2N)sc1C. The normalized spacial score (nSPS) is 27.0. The minimum Gasteiger partial charge on any atom is -0.393 e. The minimum absolute atomic E-state index is 0.334. The Labute approximate surface area is 159 Å². The van der Waals surface area contributed by atoms with E-state index in [1.165, 1.54) is 24.1 Å². The van der Waals surface area contributed by atoms with Crippen LogP contribution in [0.3, 0.4) is 0 Å². The number of fused-ring (bicyclic) bond motifs is 2. The van der Waals surface area contributed by atoms with Gasteiger partial charge in [-0.2, -0.15) is 0 Å². The van der Waals surface area contributed by atoms with Crippen LogP contribution in [0.2, 0.25) is 0 Å². The van der Waals surface area contributed by atoms with E-state index in [1.54, 1.807) is 17.7 Å². The van der Waals surface area contributed by atoms with Crippen molar-refractivity contribution < 1.29 is 0 Å². The number of aryl methyl sites for hydroxylation is 2. The quantitative estimate of drug-likeness (QED) is 0.837. The first kappa shape index (κ1) is 17.5. The average Bonchev–Trinajstić information content (AvgIpc) is 2.96. The van der Waals surface area contributed by atoms with E-state index >= 15 is 0 Å². The molecule has 140 valence electrons. The molecule has 2 bridgehead atoms. The molecule has 6 nitrogen and oxygen atoms in total. The van der Waals surface area contributed by atoms with Crippen LogP contribution in [0.15, 0.2) is 6.33 Å². The number of anilines is 4. The molecule has 0 spiro atoms. The minimum atomic E-state index is 0.334. The molecule has 2 fully saturated rings. The Bertz CT molecular complexity index is 825. The lowest BCUT2D eigenvalue weighted by Gasteiger charge is -2.39. The third-order valence-corrected chi connectivity index (χ3v) is 6.79. The van der Waals surface area contributed by atoms with Crippen LogP contribution in [0.5, 0.6) is 0 Å². The van der Waals surface area contributed by atoms with E-state index in [4.69, 9.17) is 5.73 Å². The van der Waals surface area contributed by atoms with Gasteiger partial charge >= 0.3 is 0 Å². The highest BCUT2D eigenvalue weighted by molar-refractivity contribution is 7.15. The zero-order valence-electron chi connectivity index (χ0n) is 16.3.